The molecule has 0 radical (unpaired) electrons. The highest BCUT2D eigenvalue weighted by Crippen LogP contribution is 2.05. The fourth-order valence-corrected chi connectivity index (χ4v) is 1.44. The largest absolute Gasteiger partial charge is 0.391 e. The summed E-state index contributed by atoms with van der Waals surface area (Å²) in [6, 6.07) is 14.1. The first-order valence-electron chi connectivity index (χ1n) is 5.70. The van der Waals surface area contributed by atoms with Crippen LogP contribution in [0.2, 0.25) is 0 Å². The lowest BCUT2D eigenvalue weighted by Gasteiger charge is -2.00. The van der Waals surface area contributed by atoms with Crippen LogP contribution in [0, 0.1) is 12.7 Å². The van der Waals surface area contributed by atoms with Gasteiger partial charge in [-0.25, -0.2) is 4.39 Å². The summed E-state index contributed by atoms with van der Waals surface area (Å²) in [5.74, 6) is -0.257. The monoisotopic (exact) mass is 243 g/mol. The highest BCUT2D eigenvalue weighted by atomic mass is 19.1. The van der Waals surface area contributed by atoms with E-state index in [1.807, 2.05) is 31.2 Å². The smallest absolute Gasteiger partial charge is 0.142 e. The Morgan fingerprint density at radius 1 is 1.06 bits per heavy atom. The highest BCUT2D eigenvalue weighted by Gasteiger charge is 1.92. The van der Waals surface area contributed by atoms with Crippen LogP contribution in [0.5, 0.6) is 0 Å². The van der Waals surface area contributed by atoms with Crippen molar-refractivity contribution in [3.05, 3.63) is 71.0 Å². The van der Waals surface area contributed by atoms with E-state index in [9.17, 15) is 4.39 Å². The Kier molecular flexibility index (Phi) is 4.07. The Balaban J connectivity index is 1.84. The van der Waals surface area contributed by atoms with Crippen molar-refractivity contribution in [1.82, 2.24) is 0 Å². The third-order valence-electron chi connectivity index (χ3n) is 2.50. The van der Waals surface area contributed by atoms with Gasteiger partial charge in [-0.05, 0) is 30.2 Å². The average molecular weight is 243 g/mol. The summed E-state index contributed by atoms with van der Waals surface area (Å²) in [6.07, 6.45) is 1.56. The van der Waals surface area contributed by atoms with Gasteiger partial charge in [0.15, 0.2) is 0 Å². The summed E-state index contributed by atoms with van der Waals surface area (Å²) in [7, 11) is 0. The van der Waals surface area contributed by atoms with Gasteiger partial charge in [0, 0.05) is 0 Å². The van der Waals surface area contributed by atoms with Crippen molar-refractivity contribution >= 4 is 6.21 Å². The molecule has 0 saturated heterocycles. The molecule has 3 heteroatoms. The SMILES string of the molecule is Cc1ccc(CON=Cc2ccc(F)cc2)cc1. The Labute approximate surface area is 106 Å². The second-order valence-electron chi connectivity index (χ2n) is 4.05. The van der Waals surface area contributed by atoms with Crippen LogP contribution in [0.1, 0.15) is 16.7 Å². The molecule has 18 heavy (non-hydrogen) atoms. The van der Waals surface area contributed by atoms with Gasteiger partial charge in [0.05, 0.1) is 6.21 Å². The summed E-state index contributed by atoms with van der Waals surface area (Å²) < 4.78 is 12.7. The standard InChI is InChI=1S/C15H14FNO/c1-12-2-4-14(5-3-12)11-18-17-10-13-6-8-15(16)9-7-13/h2-10H,11H2,1H3. The molecule has 0 amide bonds. The molecule has 2 aromatic rings. The molecule has 2 rings (SSSR count). The predicted molar refractivity (Wildman–Crippen MR) is 70.0 cm³/mol. The Bertz CT molecular complexity index is 517. The number of aryl methyl sites for hydroxylation is 1. The van der Waals surface area contributed by atoms with Crippen LogP contribution in [-0.2, 0) is 11.4 Å². The van der Waals surface area contributed by atoms with Crippen LogP contribution in [0.3, 0.4) is 0 Å². The van der Waals surface area contributed by atoms with Crippen molar-refractivity contribution in [2.45, 2.75) is 13.5 Å². The van der Waals surface area contributed by atoms with E-state index in [1.54, 1.807) is 18.3 Å². The average Bonchev–Trinajstić information content (AvgIpc) is 2.39. The molecule has 0 saturated carbocycles. The topological polar surface area (TPSA) is 21.6 Å². The first-order valence-corrected chi connectivity index (χ1v) is 5.70. The molecule has 0 aliphatic rings. The van der Waals surface area contributed by atoms with Crippen LogP contribution < -0.4 is 0 Å². The first kappa shape index (κ1) is 12.3. The number of hydrogen-bond donors (Lipinski definition) is 0. The van der Waals surface area contributed by atoms with E-state index in [0.29, 0.717) is 6.61 Å². The second-order valence-corrected chi connectivity index (χ2v) is 4.05. The molecule has 0 aliphatic carbocycles. The number of oxime groups is 1. The van der Waals surface area contributed by atoms with Crippen molar-refractivity contribution in [3.8, 4) is 0 Å². The molecule has 0 bridgehead atoms. The van der Waals surface area contributed by atoms with Crippen LogP contribution in [0.25, 0.3) is 0 Å². The lowest BCUT2D eigenvalue weighted by atomic mass is 10.2. The number of nitrogens with zero attached hydrogens (tertiary/aromatic N) is 1. The Morgan fingerprint density at radius 3 is 2.39 bits per heavy atom. The minimum atomic E-state index is -0.257. The minimum absolute atomic E-state index is 0.257. The van der Waals surface area contributed by atoms with Gasteiger partial charge in [0.2, 0.25) is 0 Å². The summed E-state index contributed by atoms with van der Waals surface area (Å²) in [5, 5.41) is 3.84. The van der Waals surface area contributed by atoms with Gasteiger partial charge in [-0.3, -0.25) is 0 Å². The summed E-state index contributed by atoms with van der Waals surface area (Å²) >= 11 is 0. The van der Waals surface area contributed by atoms with Gasteiger partial charge < -0.3 is 4.84 Å². The molecular weight excluding hydrogens is 229 g/mol. The van der Waals surface area contributed by atoms with Gasteiger partial charge in [0.25, 0.3) is 0 Å². The lowest BCUT2D eigenvalue weighted by Crippen LogP contribution is -1.88. The molecule has 0 heterocycles. The van der Waals surface area contributed by atoms with E-state index in [0.717, 1.165) is 11.1 Å². The van der Waals surface area contributed by atoms with Crippen molar-refractivity contribution in [1.29, 1.82) is 0 Å². The molecular formula is C15H14FNO. The third kappa shape index (κ3) is 3.70. The first-order chi connectivity index (χ1) is 8.74. The van der Waals surface area contributed by atoms with Gasteiger partial charge in [-0.1, -0.05) is 47.1 Å². The van der Waals surface area contributed by atoms with E-state index >= 15 is 0 Å². The maximum atomic E-state index is 12.7. The molecule has 0 fully saturated rings. The maximum absolute atomic E-state index is 12.7. The maximum Gasteiger partial charge on any atom is 0.142 e. The van der Waals surface area contributed by atoms with Crippen molar-refractivity contribution in [3.63, 3.8) is 0 Å². The quantitative estimate of drug-likeness (QED) is 0.593. The fourth-order valence-electron chi connectivity index (χ4n) is 1.44. The normalized spacial score (nSPS) is 10.8. The number of hydrogen-bond acceptors (Lipinski definition) is 2. The zero-order valence-corrected chi connectivity index (χ0v) is 10.1. The molecule has 2 nitrogen and oxygen atoms in total. The minimum Gasteiger partial charge on any atom is -0.391 e. The molecule has 0 unspecified atom stereocenters. The van der Waals surface area contributed by atoms with Crippen LogP contribution in [0.15, 0.2) is 53.7 Å². The number of rotatable bonds is 4. The highest BCUT2D eigenvalue weighted by molar-refractivity contribution is 5.78. The zero-order valence-electron chi connectivity index (χ0n) is 10.1. The van der Waals surface area contributed by atoms with Crippen molar-refractivity contribution < 1.29 is 9.23 Å². The van der Waals surface area contributed by atoms with E-state index in [1.165, 1.54) is 17.7 Å². The lowest BCUT2D eigenvalue weighted by molar-refractivity contribution is 0.132. The summed E-state index contributed by atoms with van der Waals surface area (Å²) in [4.78, 5) is 5.17. The Hall–Kier alpha value is -2.16. The van der Waals surface area contributed by atoms with Gasteiger partial charge in [-0.2, -0.15) is 0 Å². The molecule has 0 N–H and O–H groups in total. The van der Waals surface area contributed by atoms with Crippen molar-refractivity contribution in [2.75, 3.05) is 0 Å². The number of halogens is 1. The Morgan fingerprint density at radius 2 is 1.72 bits per heavy atom. The van der Waals surface area contributed by atoms with E-state index in [-0.39, 0.29) is 5.82 Å². The van der Waals surface area contributed by atoms with Gasteiger partial charge in [0.1, 0.15) is 12.4 Å². The van der Waals surface area contributed by atoms with Crippen LogP contribution >= 0.6 is 0 Å². The molecule has 0 spiro atoms. The molecule has 0 aliphatic heterocycles. The van der Waals surface area contributed by atoms with E-state index in [4.69, 9.17) is 4.84 Å². The predicted octanol–water partition coefficient (Wildman–Crippen LogP) is 3.68. The molecule has 2 aromatic carbocycles. The second kappa shape index (κ2) is 5.96. The van der Waals surface area contributed by atoms with Gasteiger partial charge in [-0.15, -0.1) is 0 Å². The fraction of sp³-hybridized carbons (Fsp3) is 0.133. The van der Waals surface area contributed by atoms with E-state index < -0.39 is 0 Å². The zero-order chi connectivity index (χ0) is 12.8. The summed E-state index contributed by atoms with van der Waals surface area (Å²) in [5.41, 5.74) is 3.09. The number of benzene rings is 2. The molecule has 0 atom stereocenters. The van der Waals surface area contributed by atoms with Crippen LogP contribution in [-0.4, -0.2) is 6.21 Å². The third-order valence-corrected chi connectivity index (χ3v) is 2.50. The van der Waals surface area contributed by atoms with E-state index in [2.05, 4.69) is 5.16 Å². The molecule has 92 valence electrons. The summed E-state index contributed by atoms with van der Waals surface area (Å²) in [6.45, 7) is 2.47. The van der Waals surface area contributed by atoms with Crippen molar-refractivity contribution in [2.24, 2.45) is 5.16 Å². The molecule has 0 aromatic heterocycles. The van der Waals surface area contributed by atoms with Gasteiger partial charge >= 0.3 is 0 Å². The van der Waals surface area contributed by atoms with Crippen LogP contribution in [0.4, 0.5) is 4.39 Å².